The standard InChI is InChI=1S/C52H52N6O10/c1-51(2,3)68-50(62)57-40(28-32-16-18-34(19-17-32)43(59)33-12-8-6-9-13-33)49(61)67-45-44(60)41(66-48(45)58-31-56-42-46(53)54-30-55-47(42)58)29-65-52(35-14-10-7-11-15-35,36-20-24-38(63-4)25-21-36)37-22-26-39(64-5)27-23-37/h6-27,30-31,40-41,44-45,48,60H,28-29H2,1-5H3,(H,57,62)(H2,53,54,55)/t40?,41-,44-,45-,48-/m1/s1. The van der Waals surface area contributed by atoms with Crippen molar-refractivity contribution in [3.05, 3.63) is 179 Å². The van der Waals surface area contributed by atoms with E-state index in [0.29, 0.717) is 28.2 Å². The number of fused-ring (bicyclic) bond motifs is 1. The van der Waals surface area contributed by atoms with Crippen molar-refractivity contribution in [3.8, 4) is 11.5 Å². The number of nitrogens with two attached hydrogens (primary N) is 1. The number of aliphatic hydroxyl groups excluding tert-OH is 1. The summed E-state index contributed by atoms with van der Waals surface area (Å²) in [4.78, 5) is 54.0. The van der Waals surface area contributed by atoms with Crippen LogP contribution in [0.4, 0.5) is 10.6 Å². The third-order valence-corrected chi connectivity index (χ3v) is 11.5. The summed E-state index contributed by atoms with van der Waals surface area (Å²) in [7, 11) is 3.18. The average Bonchev–Trinajstić information content (AvgIpc) is 3.92. The fourth-order valence-corrected chi connectivity index (χ4v) is 8.19. The lowest BCUT2D eigenvalue weighted by Gasteiger charge is -2.37. The van der Waals surface area contributed by atoms with Gasteiger partial charge in [-0.25, -0.2) is 24.5 Å². The Morgan fingerprint density at radius 2 is 1.34 bits per heavy atom. The molecule has 0 radical (unpaired) electrons. The van der Waals surface area contributed by atoms with Gasteiger partial charge < -0.3 is 44.6 Å². The van der Waals surface area contributed by atoms with Gasteiger partial charge in [-0.3, -0.25) is 9.36 Å². The van der Waals surface area contributed by atoms with Crippen LogP contribution in [0.1, 0.15) is 65.2 Å². The zero-order valence-electron chi connectivity index (χ0n) is 38.1. The van der Waals surface area contributed by atoms with Crippen molar-refractivity contribution in [1.29, 1.82) is 0 Å². The predicted molar refractivity (Wildman–Crippen MR) is 251 cm³/mol. The second-order valence-electron chi connectivity index (χ2n) is 17.2. The van der Waals surface area contributed by atoms with E-state index in [9.17, 15) is 19.5 Å². The summed E-state index contributed by atoms with van der Waals surface area (Å²) in [5.74, 6) is 0.296. The Morgan fingerprint density at radius 1 is 0.765 bits per heavy atom. The van der Waals surface area contributed by atoms with Gasteiger partial charge in [-0.2, -0.15) is 0 Å². The number of nitrogens with zero attached hydrogens (tertiary/aromatic N) is 4. The highest BCUT2D eigenvalue weighted by atomic mass is 16.6. The van der Waals surface area contributed by atoms with E-state index in [1.54, 1.807) is 83.5 Å². The Kier molecular flexibility index (Phi) is 13.8. The minimum absolute atomic E-state index is 0.0696. The van der Waals surface area contributed by atoms with Crippen molar-refractivity contribution in [2.45, 2.75) is 69.0 Å². The molecule has 16 heteroatoms. The first kappa shape index (κ1) is 46.9. The highest BCUT2D eigenvalue weighted by molar-refractivity contribution is 6.09. The average molecular weight is 921 g/mol. The largest absolute Gasteiger partial charge is 0.497 e. The molecular formula is C52H52N6O10. The number of imidazole rings is 1. The zero-order valence-corrected chi connectivity index (χ0v) is 38.1. The minimum atomic E-state index is -1.52. The molecule has 16 nitrogen and oxygen atoms in total. The van der Waals surface area contributed by atoms with Gasteiger partial charge in [0.05, 0.1) is 27.2 Å². The number of esters is 1. The predicted octanol–water partition coefficient (Wildman–Crippen LogP) is 6.97. The Hall–Kier alpha value is -7.66. The number of carbonyl (C=O) groups is 3. The Labute approximate surface area is 393 Å². The first-order valence-corrected chi connectivity index (χ1v) is 21.9. The van der Waals surface area contributed by atoms with Gasteiger partial charge in [0.15, 0.2) is 29.6 Å². The number of ketones is 1. The number of benzene rings is 5. The molecule has 1 unspecified atom stereocenters. The normalized spacial score (nSPS) is 17.6. The van der Waals surface area contributed by atoms with E-state index in [4.69, 9.17) is 34.2 Å². The number of nitrogens with one attached hydrogen (secondary N) is 1. The number of amides is 1. The molecule has 1 aliphatic rings. The molecule has 1 aliphatic heterocycles. The molecule has 0 spiro atoms. The van der Waals surface area contributed by atoms with Gasteiger partial charge in [0, 0.05) is 17.5 Å². The molecule has 3 heterocycles. The second-order valence-corrected chi connectivity index (χ2v) is 17.2. The number of rotatable bonds is 16. The Balaban J connectivity index is 1.14. The fraction of sp³-hybridized carbons (Fsp3) is 0.269. The van der Waals surface area contributed by atoms with Crippen molar-refractivity contribution in [3.63, 3.8) is 0 Å². The van der Waals surface area contributed by atoms with E-state index in [1.165, 1.54) is 17.2 Å². The number of hydrogen-bond donors (Lipinski definition) is 3. The number of aromatic nitrogens is 4. The number of ether oxygens (including phenoxy) is 6. The Morgan fingerprint density at radius 3 is 1.93 bits per heavy atom. The van der Waals surface area contributed by atoms with Crippen molar-refractivity contribution in [1.82, 2.24) is 24.8 Å². The summed E-state index contributed by atoms with van der Waals surface area (Å²) in [5.41, 5.74) is 8.31. The van der Waals surface area contributed by atoms with Crippen molar-refractivity contribution in [2.75, 3.05) is 26.6 Å². The van der Waals surface area contributed by atoms with E-state index in [-0.39, 0.29) is 35.8 Å². The van der Waals surface area contributed by atoms with Crippen LogP contribution in [-0.2, 0) is 35.8 Å². The van der Waals surface area contributed by atoms with Crippen molar-refractivity contribution < 1.29 is 47.9 Å². The molecule has 1 saturated heterocycles. The summed E-state index contributed by atoms with van der Waals surface area (Å²) in [6.07, 6.45) is -3.59. The van der Waals surface area contributed by atoms with E-state index < -0.39 is 53.8 Å². The minimum Gasteiger partial charge on any atom is -0.497 e. The number of hydrogen-bond acceptors (Lipinski definition) is 14. The first-order chi connectivity index (χ1) is 32.8. The molecule has 0 saturated carbocycles. The first-order valence-electron chi connectivity index (χ1n) is 21.9. The lowest BCUT2D eigenvalue weighted by atomic mass is 9.80. The maximum atomic E-state index is 14.6. The van der Waals surface area contributed by atoms with Gasteiger partial charge in [-0.15, -0.1) is 0 Å². The number of aliphatic hydroxyl groups is 1. The van der Waals surface area contributed by atoms with E-state index in [2.05, 4.69) is 20.3 Å². The molecule has 0 bridgehead atoms. The molecule has 350 valence electrons. The summed E-state index contributed by atoms with van der Waals surface area (Å²) in [6, 6.07) is 38.8. The highest BCUT2D eigenvalue weighted by Crippen LogP contribution is 2.43. The summed E-state index contributed by atoms with van der Waals surface area (Å²) in [6.45, 7) is 4.85. The van der Waals surface area contributed by atoms with Crippen LogP contribution in [0, 0.1) is 0 Å². The van der Waals surface area contributed by atoms with Crippen LogP contribution < -0.4 is 20.5 Å². The maximum Gasteiger partial charge on any atom is 0.408 e. The molecule has 2 aromatic heterocycles. The quantitative estimate of drug-likeness (QED) is 0.0508. The summed E-state index contributed by atoms with van der Waals surface area (Å²) >= 11 is 0. The molecular weight excluding hydrogens is 869 g/mol. The van der Waals surface area contributed by atoms with Gasteiger partial charge in [-0.05, 0) is 67.3 Å². The molecule has 5 atom stereocenters. The lowest BCUT2D eigenvalue weighted by Crippen LogP contribution is -2.48. The van der Waals surface area contributed by atoms with Crippen LogP contribution >= 0.6 is 0 Å². The van der Waals surface area contributed by atoms with Crippen LogP contribution in [0.5, 0.6) is 11.5 Å². The van der Waals surface area contributed by atoms with E-state index >= 15 is 0 Å². The molecule has 8 rings (SSSR count). The van der Waals surface area contributed by atoms with Gasteiger partial charge >= 0.3 is 12.1 Å². The summed E-state index contributed by atoms with van der Waals surface area (Å²) < 4.78 is 38.1. The van der Waals surface area contributed by atoms with Crippen LogP contribution in [0.3, 0.4) is 0 Å². The van der Waals surface area contributed by atoms with Crippen molar-refractivity contribution >= 4 is 34.8 Å². The van der Waals surface area contributed by atoms with Crippen molar-refractivity contribution in [2.24, 2.45) is 0 Å². The number of nitrogen functional groups attached to an aromatic ring is 1. The van der Waals surface area contributed by atoms with Crippen LogP contribution in [-0.4, -0.2) is 93.3 Å². The lowest BCUT2D eigenvalue weighted by molar-refractivity contribution is -0.161. The van der Waals surface area contributed by atoms with Gasteiger partial charge in [-0.1, -0.05) is 109 Å². The SMILES string of the molecule is COc1ccc(C(OC[C@H]2O[C@@H](n3cnc4c(N)ncnc43)[C@H](OC(=O)C(Cc3ccc(C(=O)c4ccccc4)cc3)NC(=O)OC(C)(C)C)[C@@H]2O)(c2ccccc2)c2ccc(OC)cc2)cc1. The van der Waals surface area contributed by atoms with E-state index in [1.807, 2.05) is 84.9 Å². The molecule has 5 aromatic carbocycles. The Bertz CT molecular complexity index is 2790. The summed E-state index contributed by atoms with van der Waals surface area (Å²) in [5, 5.41) is 15.0. The molecule has 68 heavy (non-hydrogen) atoms. The number of anilines is 1. The molecule has 4 N–H and O–H groups in total. The number of carbonyl (C=O) groups excluding carboxylic acids is 3. The van der Waals surface area contributed by atoms with Gasteiger partial charge in [0.25, 0.3) is 0 Å². The number of alkyl carbamates (subject to hydrolysis) is 1. The van der Waals surface area contributed by atoms with Gasteiger partial charge in [0.1, 0.15) is 52.8 Å². The zero-order chi connectivity index (χ0) is 48.0. The molecule has 1 amide bonds. The van der Waals surface area contributed by atoms with Crippen LogP contribution in [0.15, 0.2) is 146 Å². The third-order valence-electron chi connectivity index (χ3n) is 11.5. The topological polar surface area (TPSA) is 208 Å². The van der Waals surface area contributed by atoms with Crippen LogP contribution in [0.2, 0.25) is 0 Å². The van der Waals surface area contributed by atoms with E-state index in [0.717, 1.165) is 16.7 Å². The molecule has 1 fully saturated rings. The maximum absolute atomic E-state index is 14.6. The highest BCUT2D eigenvalue weighted by Gasteiger charge is 2.50. The second kappa shape index (κ2) is 20.1. The van der Waals surface area contributed by atoms with Gasteiger partial charge in [0.2, 0.25) is 0 Å². The van der Waals surface area contributed by atoms with Crippen LogP contribution in [0.25, 0.3) is 11.2 Å². The fourth-order valence-electron chi connectivity index (χ4n) is 8.19. The number of methoxy groups -OCH3 is 2. The molecule has 0 aliphatic carbocycles. The third kappa shape index (κ3) is 10.0. The molecule has 7 aromatic rings. The smallest absolute Gasteiger partial charge is 0.408 e. The monoisotopic (exact) mass is 920 g/mol.